The summed E-state index contributed by atoms with van der Waals surface area (Å²) in [6, 6.07) is 3.44. The van der Waals surface area contributed by atoms with Crippen LogP contribution in [-0.2, 0) is 14.8 Å². The monoisotopic (exact) mass is 312 g/mol. The molecule has 0 amide bonds. The molecule has 0 saturated carbocycles. The molecule has 1 atom stereocenters. The van der Waals surface area contributed by atoms with Gasteiger partial charge in [-0.3, -0.25) is 0 Å². The molecule has 0 bridgehead atoms. The van der Waals surface area contributed by atoms with Crippen LogP contribution in [0.3, 0.4) is 0 Å². The van der Waals surface area contributed by atoms with Crippen LogP contribution in [0.25, 0.3) is 0 Å². The maximum Gasteiger partial charge on any atom is 0.243 e. The van der Waals surface area contributed by atoms with Gasteiger partial charge in [-0.2, -0.15) is 4.31 Å². The number of sulfonamides is 1. The Kier molecular flexibility index (Phi) is 4.91. The summed E-state index contributed by atoms with van der Waals surface area (Å²) in [7, 11) is -1.81. The van der Waals surface area contributed by atoms with Gasteiger partial charge < -0.3 is 10.5 Å². The molecule has 1 fully saturated rings. The van der Waals surface area contributed by atoms with Crippen LogP contribution in [0, 0.1) is 19.8 Å². The smallest absolute Gasteiger partial charge is 0.243 e. The largest absolute Gasteiger partial charge is 0.399 e. The van der Waals surface area contributed by atoms with Gasteiger partial charge in [0, 0.05) is 25.9 Å². The number of methoxy groups -OCH3 is 1. The average molecular weight is 312 g/mol. The van der Waals surface area contributed by atoms with Gasteiger partial charge in [-0.15, -0.1) is 0 Å². The molecule has 0 radical (unpaired) electrons. The van der Waals surface area contributed by atoms with Crippen molar-refractivity contribution in [2.45, 2.75) is 31.6 Å². The third-order valence-electron chi connectivity index (χ3n) is 3.96. The quantitative estimate of drug-likeness (QED) is 0.862. The molecule has 21 heavy (non-hydrogen) atoms. The Morgan fingerprint density at radius 1 is 1.33 bits per heavy atom. The minimum absolute atomic E-state index is 0.271. The lowest BCUT2D eigenvalue weighted by Gasteiger charge is -2.32. The van der Waals surface area contributed by atoms with Gasteiger partial charge in [-0.05, 0) is 55.9 Å². The average Bonchev–Trinajstić information content (AvgIpc) is 2.37. The lowest BCUT2D eigenvalue weighted by molar-refractivity contribution is 0.118. The first-order valence-electron chi connectivity index (χ1n) is 7.22. The van der Waals surface area contributed by atoms with Gasteiger partial charge in [0.15, 0.2) is 0 Å². The van der Waals surface area contributed by atoms with Crippen LogP contribution in [0.5, 0.6) is 0 Å². The number of nitrogen functional groups attached to an aromatic ring is 1. The first-order valence-corrected chi connectivity index (χ1v) is 8.66. The standard InChI is InChI=1S/C15H24N2O3S/c1-11-7-14(16)8-12(2)15(11)21(18,19)17-6-4-5-13(9-17)10-20-3/h7-8,13H,4-6,9-10,16H2,1-3H3. The van der Waals surface area contributed by atoms with Crippen LogP contribution >= 0.6 is 0 Å². The van der Waals surface area contributed by atoms with Crippen molar-refractivity contribution in [3.05, 3.63) is 23.3 Å². The van der Waals surface area contributed by atoms with E-state index in [0.717, 1.165) is 12.8 Å². The van der Waals surface area contributed by atoms with Gasteiger partial charge in [-0.25, -0.2) is 8.42 Å². The fourth-order valence-corrected chi connectivity index (χ4v) is 5.10. The number of nitrogens with two attached hydrogens (primary N) is 1. The highest BCUT2D eigenvalue weighted by Crippen LogP contribution is 2.29. The van der Waals surface area contributed by atoms with Crippen molar-refractivity contribution in [1.82, 2.24) is 4.31 Å². The SMILES string of the molecule is COCC1CCCN(S(=O)(=O)c2c(C)cc(N)cc2C)C1. The zero-order valence-electron chi connectivity index (χ0n) is 12.9. The zero-order valence-corrected chi connectivity index (χ0v) is 13.7. The Balaban J connectivity index is 2.34. The highest BCUT2D eigenvalue weighted by atomic mass is 32.2. The second-order valence-electron chi connectivity index (χ2n) is 5.81. The number of hydrogen-bond donors (Lipinski definition) is 1. The van der Waals surface area contributed by atoms with E-state index in [2.05, 4.69) is 0 Å². The van der Waals surface area contributed by atoms with Crippen molar-refractivity contribution >= 4 is 15.7 Å². The highest BCUT2D eigenvalue weighted by Gasteiger charge is 2.32. The zero-order chi connectivity index (χ0) is 15.6. The summed E-state index contributed by atoms with van der Waals surface area (Å²) in [6.07, 6.45) is 1.89. The van der Waals surface area contributed by atoms with Crippen LogP contribution in [0.2, 0.25) is 0 Å². The molecule has 0 spiro atoms. The van der Waals surface area contributed by atoms with E-state index in [1.165, 1.54) is 0 Å². The summed E-state index contributed by atoms with van der Waals surface area (Å²) in [4.78, 5) is 0.398. The molecular weight excluding hydrogens is 288 g/mol. The Bertz CT molecular complexity index is 588. The molecule has 1 aliphatic heterocycles. The predicted octanol–water partition coefficient (Wildman–Crippen LogP) is 1.93. The first-order chi connectivity index (χ1) is 9.86. The Labute approximate surface area is 127 Å². The number of benzene rings is 1. The van der Waals surface area contributed by atoms with Crippen LogP contribution in [0.1, 0.15) is 24.0 Å². The van der Waals surface area contributed by atoms with Gasteiger partial charge in [-0.1, -0.05) is 0 Å². The first kappa shape index (κ1) is 16.3. The Hall–Kier alpha value is -1.11. The molecule has 1 aromatic rings. The van der Waals surface area contributed by atoms with Gasteiger partial charge in [0.1, 0.15) is 0 Å². The topological polar surface area (TPSA) is 72.6 Å². The van der Waals surface area contributed by atoms with Crippen LogP contribution in [0.4, 0.5) is 5.69 Å². The molecule has 2 N–H and O–H groups in total. The third kappa shape index (κ3) is 3.39. The van der Waals surface area contributed by atoms with Gasteiger partial charge in [0.05, 0.1) is 11.5 Å². The lowest BCUT2D eigenvalue weighted by atomic mass is 10.0. The summed E-state index contributed by atoms with van der Waals surface area (Å²) in [6.45, 7) is 5.30. The van der Waals surface area contributed by atoms with Crippen molar-refractivity contribution in [2.75, 3.05) is 32.5 Å². The highest BCUT2D eigenvalue weighted by molar-refractivity contribution is 7.89. The fraction of sp³-hybridized carbons (Fsp3) is 0.600. The van der Waals surface area contributed by atoms with E-state index in [1.807, 2.05) is 0 Å². The fourth-order valence-electron chi connectivity index (χ4n) is 3.14. The van der Waals surface area contributed by atoms with Crippen LogP contribution < -0.4 is 5.73 Å². The van der Waals surface area contributed by atoms with Gasteiger partial charge in [0.25, 0.3) is 0 Å². The predicted molar refractivity (Wildman–Crippen MR) is 83.7 cm³/mol. The molecule has 1 saturated heterocycles. The van der Waals surface area contributed by atoms with E-state index >= 15 is 0 Å². The molecule has 118 valence electrons. The maximum absolute atomic E-state index is 12.9. The van der Waals surface area contributed by atoms with Crippen molar-refractivity contribution in [3.63, 3.8) is 0 Å². The minimum Gasteiger partial charge on any atom is -0.399 e. The number of piperidine rings is 1. The summed E-state index contributed by atoms with van der Waals surface area (Å²) in [5.74, 6) is 0.271. The molecule has 6 heteroatoms. The van der Waals surface area contributed by atoms with Gasteiger partial charge in [0.2, 0.25) is 10.0 Å². The molecule has 0 aliphatic carbocycles. The molecule has 0 aromatic heterocycles. The number of aryl methyl sites for hydroxylation is 2. The van der Waals surface area contributed by atoms with Gasteiger partial charge >= 0.3 is 0 Å². The van der Waals surface area contributed by atoms with E-state index in [4.69, 9.17) is 10.5 Å². The molecule has 1 aliphatic rings. The Morgan fingerprint density at radius 2 is 1.95 bits per heavy atom. The Morgan fingerprint density at radius 3 is 2.52 bits per heavy atom. The summed E-state index contributed by atoms with van der Waals surface area (Å²) < 4.78 is 32.6. The van der Waals surface area contributed by atoms with E-state index < -0.39 is 10.0 Å². The molecule has 1 heterocycles. The number of nitrogens with zero attached hydrogens (tertiary/aromatic N) is 1. The minimum atomic E-state index is -3.47. The second kappa shape index (κ2) is 6.34. The number of rotatable bonds is 4. The molecular formula is C15H24N2O3S. The molecule has 1 unspecified atom stereocenters. The molecule has 5 nitrogen and oxygen atoms in total. The maximum atomic E-state index is 12.9. The van der Waals surface area contributed by atoms with E-state index in [9.17, 15) is 8.42 Å². The summed E-state index contributed by atoms with van der Waals surface area (Å²) in [5.41, 5.74) is 7.80. The number of ether oxygens (including phenoxy) is 1. The van der Waals surface area contributed by atoms with Crippen molar-refractivity contribution in [1.29, 1.82) is 0 Å². The molecule has 2 rings (SSSR count). The van der Waals surface area contributed by atoms with Crippen LogP contribution in [0.15, 0.2) is 17.0 Å². The number of anilines is 1. The number of hydrogen-bond acceptors (Lipinski definition) is 4. The van der Waals surface area contributed by atoms with Crippen molar-refractivity contribution in [3.8, 4) is 0 Å². The van der Waals surface area contributed by atoms with E-state index in [-0.39, 0.29) is 5.92 Å². The van der Waals surface area contributed by atoms with Crippen molar-refractivity contribution < 1.29 is 13.2 Å². The third-order valence-corrected chi connectivity index (χ3v) is 6.14. The lowest BCUT2D eigenvalue weighted by Crippen LogP contribution is -2.41. The van der Waals surface area contributed by atoms with E-state index in [0.29, 0.717) is 41.4 Å². The summed E-state index contributed by atoms with van der Waals surface area (Å²) in [5, 5.41) is 0. The van der Waals surface area contributed by atoms with Crippen LogP contribution in [-0.4, -0.2) is 39.5 Å². The molecule has 1 aromatic carbocycles. The summed E-state index contributed by atoms with van der Waals surface area (Å²) >= 11 is 0. The normalized spacial score (nSPS) is 20.6. The second-order valence-corrected chi connectivity index (χ2v) is 7.69. The van der Waals surface area contributed by atoms with E-state index in [1.54, 1.807) is 37.4 Å². The van der Waals surface area contributed by atoms with Crippen molar-refractivity contribution in [2.24, 2.45) is 5.92 Å².